The molecule has 0 spiro atoms. The fourth-order valence-corrected chi connectivity index (χ4v) is 6.34. The average Bonchev–Trinajstić information content (AvgIpc) is 3.05. The van der Waals surface area contributed by atoms with Crippen LogP contribution in [0.4, 0.5) is 0 Å². The first kappa shape index (κ1) is 24.3. The van der Waals surface area contributed by atoms with E-state index in [9.17, 15) is 0 Å². The molecule has 0 bridgehead atoms. The highest BCUT2D eigenvalue weighted by atomic mass is 32.1. The molecule has 5 rings (SSSR count). The van der Waals surface area contributed by atoms with Crippen LogP contribution in [0.2, 0.25) is 0 Å². The van der Waals surface area contributed by atoms with Gasteiger partial charge in [0.05, 0.1) is 5.60 Å². The van der Waals surface area contributed by atoms with Crippen LogP contribution in [0, 0.1) is 0 Å². The summed E-state index contributed by atoms with van der Waals surface area (Å²) in [6.07, 6.45) is 14.0. The minimum Gasteiger partial charge on any atom is -0.492 e. The molecule has 1 aromatic heterocycles. The molecule has 3 nitrogen and oxygen atoms in total. The molecule has 184 valence electrons. The molecule has 1 aliphatic heterocycles. The smallest absolute Gasteiger partial charge is 0.119 e. The second-order valence-electron chi connectivity index (χ2n) is 10.0. The Labute approximate surface area is 214 Å². The van der Waals surface area contributed by atoms with E-state index >= 15 is 0 Å². The van der Waals surface area contributed by atoms with Crippen molar-refractivity contribution in [3.63, 3.8) is 0 Å². The highest BCUT2D eigenvalue weighted by molar-refractivity contribution is 7.20. The second-order valence-corrected chi connectivity index (χ2v) is 11.1. The molecule has 0 N–H and O–H groups in total. The molecule has 1 atom stereocenters. The van der Waals surface area contributed by atoms with Crippen molar-refractivity contribution in [2.24, 2.45) is 0 Å². The maximum Gasteiger partial charge on any atom is 0.119 e. The molecular formula is C31H37NO2S. The highest BCUT2D eigenvalue weighted by Gasteiger charge is 2.24. The molecule has 35 heavy (non-hydrogen) atoms. The maximum atomic E-state index is 6.09. The van der Waals surface area contributed by atoms with Gasteiger partial charge in [0.1, 0.15) is 12.4 Å². The van der Waals surface area contributed by atoms with Crippen molar-refractivity contribution in [3.8, 4) is 5.75 Å². The predicted octanol–water partition coefficient (Wildman–Crippen LogP) is 7.50. The van der Waals surface area contributed by atoms with E-state index in [2.05, 4.69) is 78.6 Å². The molecular weight excluding hydrogens is 450 g/mol. The van der Waals surface area contributed by atoms with E-state index < -0.39 is 0 Å². The summed E-state index contributed by atoms with van der Waals surface area (Å²) in [6, 6.07) is 17.5. The van der Waals surface area contributed by atoms with Gasteiger partial charge in [-0.15, -0.1) is 11.3 Å². The molecule has 2 aromatic carbocycles. The number of allylic oxidation sites excluding steroid dienone is 2. The molecule has 0 amide bonds. The lowest BCUT2D eigenvalue weighted by Crippen LogP contribution is -2.29. The van der Waals surface area contributed by atoms with Crippen LogP contribution < -0.4 is 4.74 Å². The third kappa shape index (κ3) is 5.88. The number of thiophene rings is 1. The summed E-state index contributed by atoms with van der Waals surface area (Å²) in [4.78, 5) is 3.92. The van der Waals surface area contributed by atoms with E-state index in [1.54, 1.807) is 7.11 Å². The van der Waals surface area contributed by atoms with E-state index in [1.807, 2.05) is 11.3 Å². The van der Waals surface area contributed by atoms with Crippen LogP contribution in [0.3, 0.4) is 0 Å². The third-order valence-electron chi connectivity index (χ3n) is 7.45. The Hall–Kier alpha value is -2.40. The first-order valence-electron chi connectivity index (χ1n) is 13.0. The van der Waals surface area contributed by atoms with Gasteiger partial charge in [-0.25, -0.2) is 0 Å². The van der Waals surface area contributed by atoms with Gasteiger partial charge in [-0.1, -0.05) is 61.4 Å². The number of fused-ring (bicyclic) bond motifs is 1. The van der Waals surface area contributed by atoms with Crippen molar-refractivity contribution in [1.29, 1.82) is 0 Å². The van der Waals surface area contributed by atoms with Crippen LogP contribution in [-0.4, -0.2) is 43.9 Å². The maximum absolute atomic E-state index is 6.09. The number of likely N-dealkylation sites (tertiary alicyclic amines) is 1. The molecule has 1 aliphatic carbocycles. The number of hydrogen-bond acceptors (Lipinski definition) is 4. The first-order chi connectivity index (χ1) is 17.1. The number of nitrogens with zero attached hydrogens (tertiary/aromatic N) is 1. The van der Waals surface area contributed by atoms with Crippen LogP contribution in [0.15, 0.2) is 66.8 Å². The van der Waals surface area contributed by atoms with Crippen molar-refractivity contribution in [1.82, 2.24) is 4.90 Å². The fourth-order valence-electron chi connectivity index (χ4n) is 5.10. The molecule has 2 heterocycles. The quantitative estimate of drug-likeness (QED) is 0.328. The topological polar surface area (TPSA) is 21.7 Å². The zero-order valence-corrected chi connectivity index (χ0v) is 21.9. The Morgan fingerprint density at radius 1 is 0.971 bits per heavy atom. The molecule has 3 aromatic rings. The van der Waals surface area contributed by atoms with Crippen LogP contribution in [-0.2, 0) is 11.2 Å². The lowest BCUT2D eigenvalue weighted by Gasteiger charge is -2.26. The van der Waals surface area contributed by atoms with Gasteiger partial charge in [0.25, 0.3) is 0 Å². The predicted molar refractivity (Wildman–Crippen MR) is 149 cm³/mol. The van der Waals surface area contributed by atoms with Crippen LogP contribution in [0.25, 0.3) is 15.7 Å². The van der Waals surface area contributed by atoms with Crippen LogP contribution in [0.5, 0.6) is 5.75 Å². The first-order valence-corrected chi connectivity index (χ1v) is 13.8. The van der Waals surface area contributed by atoms with Crippen molar-refractivity contribution >= 4 is 27.0 Å². The van der Waals surface area contributed by atoms with Gasteiger partial charge < -0.3 is 9.47 Å². The Morgan fingerprint density at radius 2 is 1.74 bits per heavy atom. The number of benzene rings is 2. The molecule has 1 fully saturated rings. The number of methoxy groups -OCH3 is 1. The van der Waals surface area contributed by atoms with Crippen LogP contribution in [0.1, 0.15) is 55.0 Å². The summed E-state index contributed by atoms with van der Waals surface area (Å²) in [6.45, 7) is 6.36. The van der Waals surface area contributed by atoms with Gasteiger partial charge in [-0.05, 0) is 86.0 Å². The molecule has 4 heteroatoms. The van der Waals surface area contributed by atoms with Gasteiger partial charge in [0, 0.05) is 23.2 Å². The van der Waals surface area contributed by atoms with Crippen molar-refractivity contribution in [3.05, 3.63) is 82.8 Å². The Bertz CT molecular complexity index is 1180. The van der Waals surface area contributed by atoms with Gasteiger partial charge in [-0.2, -0.15) is 0 Å². The van der Waals surface area contributed by atoms with Gasteiger partial charge >= 0.3 is 0 Å². The number of ether oxygens (including phenoxy) is 2. The lowest BCUT2D eigenvalue weighted by atomic mass is 9.91. The van der Waals surface area contributed by atoms with Gasteiger partial charge in [-0.3, -0.25) is 4.90 Å². The van der Waals surface area contributed by atoms with E-state index in [1.165, 1.54) is 70.4 Å². The minimum absolute atomic E-state index is 0.205. The summed E-state index contributed by atoms with van der Waals surface area (Å²) >= 11 is 1.90. The van der Waals surface area contributed by atoms with Gasteiger partial charge in [0.15, 0.2) is 0 Å². The number of hydrogen-bond donors (Lipinski definition) is 0. The highest BCUT2D eigenvalue weighted by Crippen LogP contribution is 2.40. The zero-order valence-electron chi connectivity index (χ0n) is 21.1. The fraction of sp³-hybridized carbons (Fsp3) is 0.419. The van der Waals surface area contributed by atoms with E-state index in [-0.39, 0.29) is 5.60 Å². The molecule has 1 unspecified atom stereocenters. The average molecular weight is 488 g/mol. The Kier molecular flexibility index (Phi) is 7.72. The van der Waals surface area contributed by atoms with E-state index in [4.69, 9.17) is 9.47 Å². The third-order valence-corrected chi connectivity index (χ3v) is 8.71. The summed E-state index contributed by atoms with van der Waals surface area (Å²) in [5.41, 5.74) is 3.84. The van der Waals surface area contributed by atoms with E-state index in [0.717, 1.165) is 31.7 Å². The summed E-state index contributed by atoms with van der Waals surface area (Å²) < 4.78 is 13.1. The van der Waals surface area contributed by atoms with Crippen LogP contribution >= 0.6 is 11.3 Å². The molecule has 1 saturated heterocycles. The monoisotopic (exact) mass is 487 g/mol. The summed E-state index contributed by atoms with van der Waals surface area (Å²) in [7, 11) is 1.79. The summed E-state index contributed by atoms with van der Waals surface area (Å²) in [5, 5.41) is 1.36. The minimum atomic E-state index is -0.205. The lowest BCUT2D eigenvalue weighted by molar-refractivity contribution is 0.0508. The van der Waals surface area contributed by atoms with Crippen molar-refractivity contribution < 1.29 is 9.47 Å². The standard InChI is InChI=1S/C31H37NO2S/c1-31(33-2)17-15-25(16-18-31)30-28(27-9-5-6-10-29(27)35-30)23-24-11-13-26(14-12-24)34-22-21-32-19-7-3-4-8-20-32/h5-6,9-17H,3-4,7-8,18-23H2,1-2H3. The Balaban J connectivity index is 1.29. The largest absolute Gasteiger partial charge is 0.492 e. The Morgan fingerprint density at radius 3 is 2.46 bits per heavy atom. The summed E-state index contributed by atoms with van der Waals surface area (Å²) in [5.74, 6) is 0.968. The molecule has 0 saturated carbocycles. The van der Waals surface area contributed by atoms with E-state index in [0.29, 0.717) is 0 Å². The number of rotatable bonds is 8. The van der Waals surface area contributed by atoms with Crippen molar-refractivity contribution in [2.45, 2.75) is 51.0 Å². The van der Waals surface area contributed by atoms with Gasteiger partial charge in [0.2, 0.25) is 0 Å². The SMILES string of the molecule is COC1(C)C=CC(c2sc3ccccc3c2Cc2ccc(OCCN3CCCCCC3)cc2)=CC1. The second kappa shape index (κ2) is 11.1. The molecule has 2 aliphatic rings. The zero-order chi connectivity index (χ0) is 24.1. The van der Waals surface area contributed by atoms with Crippen molar-refractivity contribution in [2.75, 3.05) is 33.4 Å². The molecule has 0 radical (unpaired) electrons. The normalized spacial score (nSPS) is 21.1.